The molecule has 0 aliphatic rings. The molecule has 17 heavy (non-hydrogen) atoms. The Hall–Kier alpha value is 0.0600. The van der Waals surface area contributed by atoms with Crippen molar-refractivity contribution in [1.82, 2.24) is 0 Å². The maximum absolute atomic E-state index is 5.81. The van der Waals surface area contributed by atoms with Crippen LogP contribution in [-0.2, 0) is 9.47 Å². The molecule has 0 radical (unpaired) electrons. The first-order valence-corrected chi connectivity index (χ1v) is 7.26. The SMILES string of the molecule is COC(C)(C)CCOC(CN)c1cc(Br)cs1. The van der Waals surface area contributed by atoms with Crippen molar-refractivity contribution in [1.29, 1.82) is 0 Å². The summed E-state index contributed by atoms with van der Waals surface area (Å²) < 4.78 is 12.2. The highest BCUT2D eigenvalue weighted by molar-refractivity contribution is 9.10. The van der Waals surface area contributed by atoms with E-state index >= 15 is 0 Å². The molecule has 3 nitrogen and oxygen atoms in total. The quantitative estimate of drug-likeness (QED) is 0.837. The lowest BCUT2D eigenvalue weighted by Gasteiger charge is -2.24. The Labute approximate surface area is 115 Å². The van der Waals surface area contributed by atoms with Gasteiger partial charge in [-0.1, -0.05) is 0 Å². The molecule has 1 atom stereocenters. The third kappa shape index (κ3) is 5.06. The third-order valence-corrected chi connectivity index (χ3v) is 4.48. The molecule has 0 aliphatic heterocycles. The molecule has 0 aromatic carbocycles. The Bertz CT molecular complexity index is 341. The molecule has 1 unspecified atom stereocenters. The van der Waals surface area contributed by atoms with Gasteiger partial charge < -0.3 is 15.2 Å². The lowest BCUT2D eigenvalue weighted by Crippen LogP contribution is -2.26. The van der Waals surface area contributed by atoms with E-state index < -0.39 is 0 Å². The minimum Gasteiger partial charge on any atom is -0.379 e. The number of hydrogen-bond donors (Lipinski definition) is 1. The fraction of sp³-hybridized carbons (Fsp3) is 0.667. The van der Waals surface area contributed by atoms with Crippen LogP contribution in [0.2, 0.25) is 0 Å². The molecule has 1 aromatic rings. The van der Waals surface area contributed by atoms with Crippen LogP contribution in [0.3, 0.4) is 0 Å². The van der Waals surface area contributed by atoms with E-state index in [0.717, 1.165) is 15.8 Å². The molecule has 5 heteroatoms. The van der Waals surface area contributed by atoms with Gasteiger partial charge in [-0.25, -0.2) is 0 Å². The molecule has 1 rings (SSSR count). The van der Waals surface area contributed by atoms with E-state index in [1.54, 1.807) is 18.4 Å². The first kappa shape index (κ1) is 15.1. The van der Waals surface area contributed by atoms with Crippen LogP contribution in [0.1, 0.15) is 31.2 Å². The van der Waals surface area contributed by atoms with Gasteiger partial charge >= 0.3 is 0 Å². The average Bonchev–Trinajstić information content (AvgIpc) is 2.71. The Morgan fingerprint density at radius 1 is 1.53 bits per heavy atom. The first-order chi connectivity index (χ1) is 7.98. The predicted octanol–water partition coefficient (Wildman–Crippen LogP) is 3.34. The van der Waals surface area contributed by atoms with E-state index in [1.807, 2.05) is 5.38 Å². The summed E-state index contributed by atoms with van der Waals surface area (Å²) in [5, 5.41) is 2.04. The molecule has 2 N–H and O–H groups in total. The second-order valence-corrected chi connectivity index (χ2v) is 6.33. The second kappa shape index (κ2) is 6.85. The summed E-state index contributed by atoms with van der Waals surface area (Å²) >= 11 is 5.10. The molecular formula is C12H20BrNO2S. The van der Waals surface area contributed by atoms with Gasteiger partial charge in [0.2, 0.25) is 0 Å². The molecule has 0 aliphatic carbocycles. The molecule has 98 valence electrons. The normalized spacial score (nSPS) is 13.9. The van der Waals surface area contributed by atoms with Crippen LogP contribution in [0.5, 0.6) is 0 Å². The van der Waals surface area contributed by atoms with Gasteiger partial charge in [-0.3, -0.25) is 0 Å². The monoisotopic (exact) mass is 321 g/mol. The minimum atomic E-state index is -0.144. The van der Waals surface area contributed by atoms with E-state index in [-0.39, 0.29) is 11.7 Å². The summed E-state index contributed by atoms with van der Waals surface area (Å²) in [4.78, 5) is 1.16. The van der Waals surface area contributed by atoms with Gasteiger partial charge in [-0.2, -0.15) is 0 Å². The van der Waals surface area contributed by atoms with E-state index in [1.165, 1.54) is 0 Å². The topological polar surface area (TPSA) is 44.5 Å². The van der Waals surface area contributed by atoms with Crippen molar-refractivity contribution in [2.24, 2.45) is 5.73 Å². The number of hydrogen-bond acceptors (Lipinski definition) is 4. The van der Waals surface area contributed by atoms with Crippen molar-refractivity contribution in [3.8, 4) is 0 Å². The highest BCUT2D eigenvalue weighted by Crippen LogP contribution is 2.27. The largest absolute Gasteiger partial charge is 0.379 e. The lowest BCUT2D eigenvalue weighted by molar-refractivity contribution is -0.0250. The van der Waals surface area contributed by atoms with Gasteiger partial charge in [0.1, 0.15) is 6.10 Å². The van der Waals surface area contributed by atoms with Gasteiger partial charge in [-0.15, -0.1) is 11.3 Å². The summed E-state index contributed by atoms with van der Waals surface area (Å²) in [6.07, 6.45) is 0.839. The Morgan fingerprint density at radius 2 is 2.24 bits per heavy atom. The molecule has 0 spiro atoms. The summed E-state index contributed by atoms with van der Waals surface area (Å²) in [5.41, 5.74) is 5.59. The van der Waals surface area contributed by atoms with Crippen molar-refractivity contribution in [3.63, 3.8) is 0 Å². The Kier molecular flexibility index (Phi) is 6.09. The molecule has 0 amide bonds. The van der Waals surface area contributed by atoms with Crippen molar-refractivity contribution in [2.45, 2.75) is 32.0 Å². The Balaban J connectivity index is 2.43. The lowest BCUT2D eigenvalue weighted by atomic mass is 10.1. The van der Waals surface area contributed by atoms with E-state index in [4.69, 9.17) is 15.2 Å². The van der Waals surface area contributed by atoms with Gasteiger partial charge in [0, 0.05) is 28.4 Å². The summed E-state index contributed by atoms with van der Waals surface area (Å²) in [6.45, 7) is 5.25. The van der Waals surface area contributed by atoms with Gasteiger partial charge in [0.15, 0.2) is 0 Å². The maximum Gasteiger partial charge on any atom is 0.104 e. The number of methoxy groups -OCH3 is 1. The van der Waals surface area contributed by atoms with Gasteiger partial charge in [-0.05, 0) is 42.3 Å². The second-order valence-electron chi connectivity index (χ2n) is 4.48. The molecule has 0 bridgehead atoms. The fourth-order valence-electron chi connectivity index (χ4n) is 1.31. The molecule has 1 aromatic heterocycles. The molecule has 0 saturated carbocycles. The van der Waals surface area contributed by atoms with E-state index in [2.05, 4.69) is 35.8 Å². The number of ether oxygens (including phenoxy) is 2. The van der Waals surface area contributed by atoms with Crippen LogP contribution in [0.15, 0.2) is 15.9 Å². The zero-order chi connectivity index (χ0) is 12.9. The van der Waals surface area contributed by atoms with E-state index in [0.29, 0.717) is 13.2 Å². The number of halogens is 1. The standard InChI is InChI=1S/C12H20BrNO2S/c1-12(2,15-3)4-5-16-10(7-14)11-6-9(13)8-17-11/h6,8,10H,4-5,7,14H2,1-3H3. The van der Waals surface area contributed by atoms with Crippen LogP contribution in [0.4, 0.5) is 0 Å². The van der Waals surface area contributed by atoms with Crippen LogP contribution >= 0.6 is 27.3 Å². The van der Waals surface area contributed by atoms with E-state index in [9.17, 15) is 0 Å². The average molecular weight is 322 g/mol. The summed E-state index contributed by atoms with van der Waals surface area (Å²) in [5.74, 6) is 0. The van der Waals surface area contributed by atoms with Crippen LogP contribution in [-0.4, -0.2) is 25.9 Å². The minimum absolute atomic E-state index is 0.0149. The Morgan fingerprint density at radius 3 is 2.71 bits per heavy atom. The van der Waals surface area contributed by atoms with Gasteiger partial charge in [0.25, 0.3) is 0 Å². The van der Waals surface area contributed by atoms with Gasteiger partial charge in [0.05, 0.1) is 12.2 Å². The van der Waals surface area contributed by atoms with Crippen molar-refractivity contribution < 1.29 is 9.47 Å². The molecular weight excluding hydrogens is 302 g/mol. The predicted molar refractivity (Wildman–Crippen MR) is 75.5 cm³/mol. The van der Waals surface area contributed by atoms with Crippen LogP contribution in [0.25, 0.3) is 0 Å². The molecule has 0 saturated heterocycles. The number of thiophene rings is 1. The van der Waals surface area contributed by atoms with Crippen molar-refractivity contribution in [2.75, 3.05) is 20.3 Å². The number of rotatable bonds is 7. The number of nitrogens with two attached hydrogens (primary N) is 1. The van der Waals surface area contributed by atoms with Crippen molar-refractivity contribution in [3.05, 3.63) is 20.8 Å². The van der Waals surface area contributed by atoms with Crippen molar-refractivity contribution >= 4 is 27.3 Å². The van der Waals surface area contributed by atoms with Crippen LogP contribution in [0, 0.1) is 0 Å². The zero-order valence-corrected chi connectivity index (χ0v) is 12.9. The first-order valence-electron chi connectivity index (χ1n) is 5.59. The summed E-state index contributed by atoms with van der Waals surface area (Å²) in [7, 11) is 1.72. The highest BCUT2D eigenvalue weighted by Gasteiger charge is 2.18. The third-order valence-electron chi connectivity index (χ3n) is 2.69. The molecule has 0 fully saturated rings. The molecule has 1 heterocycles. The smallest absolute Gasteiger partial charge is 0.104 e. The zero-order valence-electron chi connectivity index (χ0n) is 10.5. The highest BCUT2D eigenvalue weighted by atomic mass is 79.9. The maximum atomic E-state index is 5.81. The summed E-state index contributed by atoms with van der Waals surface area (Å²) in [6, 6.07) is 2.06. The van der Waals surface area contributed by atoms with Crippen LogP contribution < -0.4 is 5.73 Å². The fourth-order valence-corrected chi connectivity index (χ4v) is 2.82.